The van der Waals surface area contributed by atoms with Gasteiger partial charge in [-0.25, -0.2) is 4.79 Å². The maximum atomic E-state index is 12.5. The second kappa shape index (κ2) is 17.7. The topological polar surface area (TPSA) is 264 Å². The van der Waals surface area contributed by atoms with Gasteiger partial charge in [-0.2, -0.15) is 0 Å². The minimum absolute atomic E-state index is 0.00788. The van der Waals surface area contributed by atoms with Gasteiger partial charge in [-0.3, -0.25) is 0 Å². The predicted octanol–water partition coefficient (Wildman–Crippen LogP) is -1.58. The largest absolute Gasteiger partial charge is 0.508 e. The Morgan fingerprint density at radius 2 is 1.23 bits per heavy atom. The summed E-state index contributed by atoms with van der Waals surface area (Å²) >= 11 is 0. The van der Waals surface area contributed by atoms with Crippen molar-refractivity contribution in [2.75, 3.05) is 13.2 Å². The molecule has 0 spiro atoms. The van der Waals surface area contributed by atoms with Crippen molar-refractivity contribution in [2.24, 2.45) is 0 Å². The maximum absolute atomic E-state index is 12.5. The first-order chi connectivity index (χ1) is 24.7. The number of aromatic hydroxyl groups is 2. The summed E-state index contributed by atoms with van der Waals surface area (Å²) in [6, 6.07) is 12.4. The van der Waals surface area contributed by atoms with Crippen LogP contribution >= 0.6 is 0 Å². The van der Waals surface area contributed by atoms with Gasteiger partial charge >= 0.3 is 5.97 Å². The summed E-state index contributed by atoms with van der Waals surface area (Å²) in [5.74, 6) is -0.664. The summed E-state index contributed by atoms with van der Waals surface area (Å²) in [5, 5.41) is 94.1. The number of carbonyl (C=O) groups excluding carboxylic acids is 1. The third-order valence-electron chi connectivity index (χ3n) is 9.11. The van der Waals surface area contributed by atoms with Crippen molar-refractivity contribution < 1.29 is 83.9 Å². The van der Waals surface area contributed by atoms with Crippen LogP contribution in [0.1, 0.15) is 25.0 Å². The summed E-state index contributed by atoms with van der Waals surface area (Å²) < 4.78 is 39.7. The summed E-state index contributed by atoms with van der Waals surface area (Å²) in [7, 11) is 0. The lowest BCUT2D eigenvalue weighted by atomic mass is 9.96. The van der Waals surface area contributed by atoms with Crippen molar-refractivity contribution in [3.8, 4) is 11.5 Å². The molecule has 52 heavy (non-hydrogen) atoms. The molecule has 3 aliphatic heterocycles. The normalized spacial score (nSPS) is 38.3. The van der Waals surface area contributed by atoms with Crippen LogP contribution in [-0.4, -0.2) is 157 Å². The summed E-state index contributed by atoms with van der Waals surface area (Å²) in [5.41, 5.74) is 1.40. The molecule has 15 unspecified atom stereocenters. The highest BCUT2D eigenvalue weighted by Crippen LogP contribution is 2.33. The highest BCUT2D eigenvalue weighted by Gasteiger charge is 2.53. The van der Waals surface area contributed by atoms with Gasteiger partial charge in [-0.05, 0) is 61.7 Å². The van der Waals surface area contributed by atoms with E-state index in [2.05, 4.69) is 0 Å². The number of phenolic OH excluding ortho intramolecular Hbond substituents is 2. The van der Waals surface area contributed by atoms with Crippen molar-refractivity contribution in [1.29, 1.82) is 0 Å². The van der Waals surface area contributed by atoms with Gasteiger partial charge in [0.1, 0.15) is 79.1 Å². The lowest BCUT2D eigenvalue weighted by Crippen LogP contribution is -2.65. The zero-order valence-corrected chi connectivity index (χ0v) is 28.3. The lowest BCUT2D eigenvalue weighted by Gasteiger charge is -2.47. The number of hydrogen-bond acceptors (Lipinski definition) is 17. The minimum Gasteiger partial charge on any atom is -0.508 e. The van der Waals surface area contributed by atoms with E-state index in [0.717, 1.165) is 11.6 Å². The molecule has 0 amide bonds. The van der Waals surface area contributed by atoms with Crippen LogP contribution in [0.15, 0.2) is 54.6 Å². The molecule has 15 atom stereocenters. The SMILES string of the molecule is CC1OC(OC2C(C)OC(OC3C(O)C(COC(=O)C=Cc4ccc(O)cc4)OC(OCCc4ccc(O)cc4)C3O)C(O)C2O)C(O)C(O)C1O. The molecule has 0 radical (unpaired) electrons. The quantitative estimate of drug-likeness (QED) is 0.0879. The number of hydrogen-bond donors (Lipinski definition) is 9. The number of carbonyl (C=O) groups is 1. The fourth-order valence-electron chi connectivity index (χ4n) is 6.00. The van der Waals surface area contributed by atoms with Crippen LogP contribution in [0.3, 0.4) is 0 Å². The van der Waals surface area contributed by atoms with Gasteiger partial charge in [0.2, 0.25) is 0 Å². The average molecular weight is 739 g/mol. The van der Waals surface area contributed by atoms with Crippen molar-refractivity contribution in [3.05, 3.63) is 65.7 Å². The fourth-order valence-corrected chi connectivity index (χ4v) is 6.00. The Morgan fingerprint density at radius 3 is 1.88 bits per heavy atom. The number of esters is 1. The Morgan fingerprint density at radius 1 is 0.654 bits per heavy atom. The first-order valence-electron chi connectivity index (χ1n) is 16.8. The van der Waals surface area contributed by atoms with Crippen LogP contribution < -0.4 is 0 Å². The lowest BCUT2D eigenvalue weighted by molar-refractivity contribution is -0.375. The summed E-state index contributed by atoms with van der Waals surface area (Å²) in [4.78, 5) is 12.5. The van der Waals surface area contributed by atoms with Crippen LogP contribution in [0.5, 0.6) is 11.5 Å². The molecule has 17 heteroatoms. The number of rotatable bonds is 12. The first kappa shape index (κ1) is 39.9. The monoisotopic (exact) mass is 738 g/mol. The molecule has 5 rings (SSSR count). The molecule has 2 aromatic carbocycles. The Kier molecular flexibility index (Phi) is 13.6. The van der Waals surface area contributed by atoms with Gasteiger partial charge in [0.15, 0.2) is 18.9 Å². The molecule has 0 saturated carbocycles. The molecule has 9 N–H and O–H groups in total. The zero-order chi connectivity index (χ0) is 37.7. The summed E-state index contributed by atoms with van der Waals surface area (Å²) in [6.45, 7) is 2.40. The molecule has 3 fully saturated rings. The van der Waals surface area contributed by atoms with Crippen molar-refractivity contribution in [3.63, 3.8) is 0 Å². The molecular weight excluding hydrogens is 692 g/mol. The average Bonchev–Trinajstić information content (AvgIpc) is 3.12. The highest BCUT2D eigenvalue weighted by molar-refractivity contribution is 5.87. The number of aliphatic hydroxyl groups is 7. The molecule has 3 aliphatic rings. The fraction of sp³-hybridized carbons (Fsp3) is 0.571. The smallest absolute Gasteiger partial charge is 0.330 e. The molecule has 0 aromatic heterocycles. The van der Waals surface area contributed by atoms with Crippen LogP contribution in [-0.2, 0) is 44.4 Å². The predicted molar refractivity (Wildman–Crippen MR) is 175 cm³/mol. The van der Waals surface area contributed by atoms with Crippen LogP contribution in [0.25, 0.3) is 6.08 Å². The van der Waals surface area contributed by atoms with E-state index in [1.807, 2.05) is 0 Å². The van der Waals surface area contributed by atoms with Crippen molar-refractivity contribution in [1.82, 2.24) is 0 Å². The van der Waals surface area contributed by atoms with Crippen LogP contribution in [0.2, 0.25) is 0 Å². The molecule has 17 nitrogen and oxygen atoms in total. The van der Waals surface area contributed by atoms with E-state index in [0.29, 0.717) is 12.0 Å². The third-order valence-corrected chi connectivity index (χ3v) is 9.11. The number of benzene rings is 2. The number of phenols is 2. The van der Waals surface area contributed by atoms with Crippen LogP contribution in [0, 0.1) is 0 Å². The Hall–Kier alpha value is -3.27. The molecule has 288 valence electrons. The second-order valence-electron chi connectivity index (χ2n) is 12.9. The maximum Gasteiger partial charge on any atom is 0.330 e. The molecule has 2 aromatic rings. The standard InChI is InChI=1S/C35H46O17/c1-16-24(39)26(41)28(43)34(48-16)51-31-17(2)49-35(29(44)27(31)42)52-32-25(40)22(15-47-23(38)12-7-18-3-8-20(36)9-4-18)50-33(30(32)45)46-14-13-19-5-10-21(37)11-6-19/h3-12,16-17,22,24-37,39-45H,13-15H2,1-2H3. The zero-order valence-electron chi connectivity index (χ0n) is 28.3. The Balaban J connectivity index is 1.25. The third kappa shape index (κ3) is 9.63. The number of ether oxygens (including phenoxy) is 7. The van der Waals surface area contributed by atoms with E-state index >= 15 is 0 Å². The van der Waals surface area contributed by atoms with E-state index < -0.39 is 105 Å². The molecule has 3 saturated heterocycles. The van der Waals surface area contributed by atoms with Gasteiger partial charge < -0.3 is 79.1 Å². The van der Waals surface area contributed by atoms with E-state index in [9.17, 15) is 50.8 Å². The van der Waals surface area contributed by atoms with Crippen LogP contribution in [0.4, 0.5) is 0 Å². The van der Waals surface area contributed by atoms with Gasteiger partial charge in [0.25, 0.3) is 0 Å². The number of aliphatic hydroxyl groups excluding tert-OH is 7. The van der Waals surface area contributed by atoms with Gasteiger partial charge in [-0.1, -0.05) is 24.3 Å². The van der Waals surface area contributed by atoms with Gasteiger partial charge in [0.05, 0.1) is 18.8 Å². The van der Waals surface area contributed by atoms with E-state index in [1.54, 1.807) is 24.3 Å². The van der Waals surface area contributed by atoms with Gasteiger partial charge in [0, 0.05) is 6.08 Å². The van der Waals surface area contributed by atoms with E-state index in [1.165, 1.54) is 44.2 Å². The van der Waals surface area contributed by atoms with Gasteiger partial charge in [-0.15, -0.1) is 0 Å². The van der Waals surface area contributed by atoms with Crippen molar-refractivity contribution >= 4 is 12.0 Å². The second-order valence-corrected chi connectivity index (χ2v) is 12.9. The van der Waals surface area contributed by atoms with Crippen molar-refractivity contribution in [2.45, 2.75) is 112 Å². The molecular formula is C35H46O17. The Labute approximate surface area is 298 Å². The van der Waals surface area contributed by atoms with E-state index in [4.69, 9.17) is 33.2 Å². The minimum atomic E-state index is -1.84. The molecule has 3 heterocycles. The Bertz CT molecular complexity index is 1460. The van der Waals surface area contributed by atoms with E-state index in [-0.39, 0.29) is 18.1 Å². The summed E-state index contributed by atoms with van der Waals surface area (Å²) in [6.07, 6.45) is -19.5. The molecule has 0 aliphatic carbocycles. The highest BCUT2D eigenvalue weighted by atomic mass is 16.8. The first-order valence-corrected chi connectivity index (χ1v) is 16.8. The molecule has 0 bridgehead atoms.